The molecule has 1 fully saturated rings. The second kappa shape index (κ2) is 5.35. The van der Waals surface area contributed by atoms with E-state index in [1.807, 2.05) is 0 Å². The topological polar surface area (TPSA) is 55.8 Å². The van der Waals surface area contributed by atoms with Crippen LogP contribution in [0, 0.1) is 0 Å². The van der Waals surface area contributed by atoms with Crippen LogP contribution in [0.4, 0.5) is 4.79 Å². The van der Waals surface area contributed by atoms with Crippen LogP contribution < -0.4 is 4.74 Å². The molecule has 5 nitrogen and oxygen atoms in total. The van der Waals surface area contributed by atoms with Gasteiger partial charge in [0.2, 0.25) is 0 Å². The molecule has 0 spiro atoms. The molecule has 1 aromatic rings. The van der Waals surface area contributed by atoms with E-state index in [4.69, 9.17) is 7.48 Å². The lowest BCUT2D eigenvalue weighted by Crippen LogP contribution is -2.29. The van der Waals surface area contributed by atoms with E-state index in [-0.39, 0.29) is 0 Å². The van der Waals surface area contributed by atoms with Crippen LogP contribution in [0.15, 0.2) is 30.3 Å². The Morgan fingerprint density at radius 3 is 2.78 bits per heavy atom. The number of imide groups is 1. The Morgan fingerprint density at radius 2 is 2.22 bits per heavy atom. The van der Waals surface area contributed by atoms with E-state index in [1.54, 1.807) is 31.4 Å². The predicted molar refractivity (Wildman–Crippen MR) is 65.1 cm³/mol. The number of methoxy groups -OCH3 is 1. The molecule has 2 rings (SSSR count). The van der Waals surface area contributed by atoms with Gasteiger partial charge in [0, 0.05) is 6.08 Å². The first-order valence-corrected chi connectivity index (χ1v) is 5.28. The van der Waals surface area contributed by atoms with Gasteiger partial charge in [0.15, 0.2) is 0 Å². The molecule has 0 N–H and O–H groups in total. The maximum Gasteiger partial charge on any atom is 0.416 e. The van der Waals surface area contributed by atoms with Crippen molar-refractivity contribution in [3.63, 3.8) is 0 Å². The summed E-state index contributed by atoms with van der Waals surface area (Å²) in [5.41, 5.74) is 0.759. The lowest BCUT2D eigenvalue weighted by molar-refractivity contribution is -0.122. The van der Waals surface area contributed by atoms with Gasteiger partial charge in [-0.3, -0.25) is 4.79 Å². The normalized spacial score (nSPS) is 19.4. The second-order valence-corrected chi connectivity index (χ2v) is 3.54. The number of ether oxygens (including phenoxy) is 2. The number of hydrogen-bond acceptors (Lipinski definition) is 4. The number of rotatable bonds is 3. The maximum atomic E-state index is 11.8. The molecule has 5 heteroatoms. The van der Waals surface area contributed by atoms with E-state index in [2.05, 4.69) is 4.74 Å². The molecule has 1 aliphatic heterocycles. The molecule has 0 saturated carbocycles. The van der Waals surface area contributed by atoms with Gasteiger partial charge in [-0.2, -0.15) is 0 Å². The lowest BCUT2D eigenvalue weighted by atomic mass is 10.2. The number of amides is 2. The molecular weight excluding hydrogens is 234 g/mol. The van der Waals surface area contributed by atoms with Crippen LogP contribution in [-0.2, 0) is 9.53 Å². The third-order valence-corrected chi connectivity index (χ3v) is 2.40. The van der Waals surface area contributed by atoms with Gasteiger partial charge in [0.1, 0.15) is 12.3 Å². The Bertz CT molecular complexity index is 554. The predicted octanol–water partition coefficient (Wildman–Crippen LogP) is 1.69. The number of carbonyl (C=O) groups excluding carboxylic acids is 2. The minimum atomic E-state index is -2.12. The summed E-state index contributed by atoms with van der Waals surface area (Å²) in [6, 6.07) is 6.99. The summed E-state index contributed by atoms with van der Waals surface area (Å²) < 4.78 is 24.0. The molecule has 94 valence electrons. The fourth-order valence-electron chi connectivity index (χ4n) is 1.42. The van der Waals surface area contributed by atoms with Gasteiger partial charge in [0.25, 0.3) is 5.91 Å². The van der Waals surface area contributed by atoms with Crippen LogP contribution in [0.1, 0.15) is 8.30 Å². The van der Waals surface area contributed by atoms with Crippen LogP contribution in [-0.4, -0.2) is 37.1 Å². The van der Waals surface area contributed by atoms with Gasteiger partial charge >= 0.3 is 6.09 Å². The molecule has 18 heavy (non-hydrogen) atoms. The van der Waals surface area contributed by atoms with Gasteiger partial charge < -0.3 is 9.47 Å². The number of cyclic esters (lactones) is 1. The molecule has 0 unspecified atom stereocenters. The first-order chi connectivity index (χ1) is 9.41. The Balaban J connectivity index is 2.03. The summed E-state index contributed by atoms with van der Waals surface area (Å²) in [6.45, 7) is -2.53. The molecule has 1 saturated heterocycles. The summed E-state index contributed by atoms with van der Waals surface area (Å²) in [6.07, 6.45) is 1.76. The van der Waals surface area contributed by atoms with Crippen LogP contribution in [0.25, 0.3) is 6.08 Å². The summed E-state index contributed by atoms with van der Waals surface area (Å²) >= 11 is 0. The number of carbonyl (C=O) groups is 2. The first kappa shape index (κ1) is 9.70. The van der Waals surface area contributed by atoms with Crippen LogP contribution in [0.2, 0.25) is 0 Å². The van der Waals surface area contributed by atoms with Crippen molar-refractivity contribution in [3.05, 3.63) is 35.9 Å². The molecule has 1 heterocycles. The van der Waals surface area contributed by atoms with Gasteiger partial charge in [-0.25, -0.2) is 9.69 Å². The van der Waals surface area contributed by atoms with Crippen molar-refractivity contribution < 1.29 is 21.8 Å². The number of nitrogens with zero attached hydrogens (tertiary/aromatic N) is 1. The third kappa shape index (κ3) is 2.68. The van der Waals surface area contributed by atoms with Crippen LogP contribution >= 0.6 is 0 Å². The first-order valence-electron chi connectivity index (χ1n) is 6.28. The standard InChI is InChI=1S/C13H13NO4/c1-17-11-5-2-10(3-6-11)4-7-12(15)14-8-9-18-13(14)16/h2-7H,8-9H2,1H3/i9D2. The Kier molecular flexibility index (Phi) is 2.89. The van der Waals surface area contributed by atoms with Crippen molar-refractivity contribution in [1.29, 1.82) is 0 Å². The zero-order valence-electron chi connectivity index (χ0n) is 11.8. The fourth-order valence-corrected chi connectivity index (χ4v) is 1.42. The lowest BCUT2D eigenvalue weighted by Gasteiger charge is -2.06. The van der Waals surface area contributed by atoms with Crippen molar-refractivity contribution in [2.45, 2.75) is 0 Å². The van der Waals surface area contributed by atoms with Gasteiger partial charge in [-0.15, -0.1) is 0 Å². The van der Waals surface area contributed by atoms with E-state index in [0.717, 1.165) is 10.5 Å². The maximum absolute atomic E-state index is 11.8. The van der Waals surface area contributed by atoms with Crippen molar-refractivity contribution in [2.24, 2.45) is 0 Å². The van der Waals surface area contributed by atoms with Crippen molar-refractivity contribution in [1.82, 2.24) is 4.90 Å². The molecule has 0 radical (unpaired) electrons. The summed E-state index contributed by atoms with van der Waals surface area (Å²) in [7, 11) is 1.56. The zero-order valence-corrected chi connectivity index (χ0v) is 9.75. The largest absolute Gasteiger partial charge is 0.497 e. The molecule has 0 atom stereocenters. The highest BCUT2D eigenvalue weighted by Gasteiger charge is 2.26. The smallest absolute Gasteiger partial charge is 0.416 e. The van der Waals surface area contributed by atoms with E-state index >= 15 is 0 Å². The summed E-state index contributed by atoms with van der Waals surface area (Å²) in [5.74, 6) is 0.0805. The van der Waals surface area contributed by atoms with Crippen molar-refractivity contribution in [3.8, 4) is 5.75 Å². The highest BCUT2D eigenvalue weighted by atomic mass is 16.6. The molecule has 0 aliphatic carbocycles. The quantitative estimate of drug-likeness (QED) is 0.765. The summed E-state index contributed by atoms with van der Waals surface area (Å²) in [5, 5.41) is 0. The highest BCUT2D eigenvalue weighted by Crippen LogP contribution is 2.13. The molecule has 1 aliphatic rings. The highest BCUT2D eigenvalue weighted by molar-refractivity contribution is 6.01. The van der Waals surface area contributed by atoms with Crippen LogP contribution in [0.5, 0.6) is 5.75 Å². The molecule has 0 bridgehead atoms. The summed E-state index contributed by atoms with van der Waals surface area (Å²) in [4.78, 5) is 23.8. The fraction of sp³-hybridized carbons (Fsp3) is 0.231. The van der Waals surface area contributed by atoms with E-state index in [1.165, 1.54) is 12.2 Å². The van der Waals surface area contributed by atoms with Crippen molar-refractivity contribution >= 4 is 18.1 Å². The Labute approximate surface area is 107 Å². The third-order valence-electron chi connectivity index (χ3n) is 2.40. The minimum Gasteiger partial charge on any atom is -0.497 e. The van der Waals surface area contributed by atoms with E-state index in [0.29, 0.717) is 5.75 Å². The average Bonchev–Trinajstić information content (AvgIpc) is 2.70. The molecule has 2 amide bonds. The second-order valence-electron chi connectivity index (χ2n) is 3.54. The van der Waals surface area contributed by atoms with Crippen molar-refractivity contribution in [2.75, 3.05) is 20.2 Å². The number of hydrogen-bond donors (Lipinski definition) is 0. The Morgan fingerprint density at radius 1 is 1.50 bits per heavy atom. The van der Waals surface area contributed by atoms with Gasteiger partial charge in [0.05, 0.1) is 16.4 Å². The average molecular weight is 249 g/mol. The van der Waals surface area contributed by atoms with Crippen LogP contribution in [0.3, 0.4) is 0 Å². The van der Waals surface area contributed by atoms with Gasteiger partial charge in [-0.1, -0.05) is 12.1 Å². The number of benzene rings is 1. The Hall–Kier alpha value is -2.30. The molecular formula is C13H13NO4. The molecule has 0 aromatic heterocycles. The molecule has 1 aromatic carbocycles. The van der Waals surface area contributed by atoms with Gasteiger partial charge in [-0.05, 0) is 23.8 Å². The SMILES string of the molecule is [2H]C1([2H])CN(C(=O)C=Cc2ccc(OC)cc2)C(=O)O1. The zero-order chi connectivity index (χ0) is 14.8. The van der Waals surface area contributed by atoms with E-state index < -0.39 is 25.1 Å². The van der Waals surface area contributed by atoms with E-state index in [9.17, 15) is 9.59 Å². The minimum absolute atomic E-state index is 0.405. The monoisotopic (exact) mass is 249 g/mol.